The number of benzene rings is 3. The van der Waals surface area contributed by atoms with Gasteiger partial charge in [-0.05, 0) is 69.5 Å². The van der Waals surface area contributed by atoms with Crippen LogP contribution in [-0.4, -0.2) is 24.1 Å². The molecule has 2 heterocycles. The number of nitrogens with one attached hydrogen (secondary N) is 1. The van der Waals surface area contributed by atoms with Crippen LogP contribution in [-0.2, 0) is 17.3 Å². The van der Waals surface area contributed by atoms with Gasteiger partial charge >= 0.3 is 0 Å². The van der Waals surface area contributed by atoms with Crippen LogP contribution in [0, 0.1) is 17.0 Å². The van der Waals surface area contributed by atoms with Gasteiger partial charge in [0.1, 0.15) is 11.7 Å². The molecule has 0 saturated carbocycles. The summed E-state index contributed by atoms with van der Waals surface area (Å²) in [5, 5.41) is 11.6. The van der Waals surface area contributed by atoms with E-state index in [2.05, 4.69) is 101 Å². The maximum atomic E-state index is 11.6. The summed E-state index contributed by atoms with van der Waals surface area (Å²) in [6.45, 7) is 15.3. The topological polar surface area (TPSA) is 50.8 Å². The highest BCUT2D eigenvalue weighted by Crippen LogP contribution is 2.50. The van der Waals surface area contributed by atoms with E-state index in [1.54, 1.807) is 12.1 Å². The van der Waals surface area contributed by atoms with Crippen LogP contribution in [0.1, 0.15) is 56.9 Å². The molecule has 3 atom stereocenters. The molecule has 0 radical (unpaired) electrons. The van der Waals surface area contributed by atoms with Crippen molar-refractivity contribution in [3.63, 3.8) is 0 Å². The number of hydrogen-bond acceptors (Lipinski definition) is 3. The average molecular weight is 497 g/mol. The first-order valence-corrected chi connectivity index (χ1v) is 13.4. The third kappa shape index (κ3) is 3.97. The zero-order valence-corrected chi connectivity index (χ0v) is 22.8. The zero-order chi connectivity index (χ0) is 26.5. The Hall–Kier alpha value is -3.44. The van der Waals surface area contributed by atoms with Crippen LogP contribution in [0.5, 0.6) is 0 Å². The van der Waals surface area contributed by atoms with Crippen molar-refractivity contribution in [2.24, 2.45) is 0 Å². The molecule has 3 unspecified atom stereocenters. The highest BCUT2D eigenvalue weighted by atomic mass is 16.6. The van der Waals surface area contributed by atoms with Crippen LogP contribution in [0.4, 0.5) is 17.1 Å². The van der Waals surface area contributed by atoms with Gasteiger partial charge in [-0.2, -0.15) is 0 Å². The fourth-order valence-electron chi connectivity index (χ4n) is 6.83. The average Bonchev–Trinajstić information content (AvgIpc) is 3.23. The molecule has 1 N–H and O–H groups in total. The summed E-state index contributed by atoms with van der Waals surface area (Å²) in [6, 6.07) is 23.3. The lowest BCUT2D eigenvalue weighted by atomic mass is 9.72. The molecule has 0 amide bonds. The first kappa shape index (κ1) is 25.2. The molecular weight excluding hydrogens is 458 g/mol. The van der Waals surface area contributed by atoms with Crippen LogP contribution >= 0.6 is 0 Å². The lowest BCUT2D eigenvalue weighted by molar-refractivity contribution is -0.848. The van der Waals surface area contributed by atoms with E-state index in [4.69, 9.17) is 0 Å². The Morgan fingerprint density at radius 3 is 2.38 bits per heavy atom. The Bertz CT molecular complexity index is 1380. The Balaban J connectivity index is 1.69. The van der Waals surface area contributed by atoms with Crippen LogP contribution in [0.3, 0.4) is 0 Å². The molecular formula is C32H38N3O2+. The molecule has 0 bridgehead atoms. The zero-order valence-electron chi connectivity index (χ0n) is 22.8. The third-order valence-corrected chi connectivity index (χ3v) is 8.72. The van der Waals surface area contributed by atoms with Crippen LogP contribution in [0.2, 0.25) is 0 Å². The molecule has 5 nitrogen and oxygen atoms in total. The van der Waals surface area contributed by atoms with Crippen molar-refractivity contribution in [2.45, 2.75) is 64.8 Å². The van der Waals surface area contributed by atoms with Gasteiger partial charge in [-0.3, -0.25) is 15.0 Å². The van der Waals surface area contributed by atoms with Crippen molar-refractivity contribution < 1.29 is 9.82 Å². The van der Waals surface area contributed by atoms with E-state index in [9.17, 15) is 10.1 Å². The second kappa shape index (κ2) is 9.14. The van der Waals surface area contributed by atoms with E-state index in [-0.39, 0.29) is 27.5 Å². The Morgan fingerprint density at radius 2 is 1.73 bits per heavy atom. The van der Waals surface area contributed by atoms with Crippen molar-refractivity contribution in [1.82, 2.24) is 0 Å². The first-order valence-electron chi connectivity index (χ1n) is 13.4. The molecule has 3 aromatic carbocycles. The van der Waals surface area contributed by atoms with Gasteiger partial charge in [0.2, 0.25) is 0 Å². The van der Waals surface area contributed by atoms with Gasteiger partial charge in [0.15, 0.2) is 0 Å². The SMILES string of the molecule is CCN1C(=CC2[NH+](CC)c3ccc(C)cc3C2(C)Cc2ccccc2)C(C)(C)c2cc([N+](=O)[O-])ccc21. The minimum Gasteiger partial charge on any atom is -0.344 e. The maximum absolute atomic E-state index is 11.6. The van der Waals surface area contributed by atoms with E-state index in [1.165, 1.54) is 33.0 Å². The fourth-order valence-corrected chi connectivity index (χ4v) is 6.83. The van der Waals surface area contributed by atoms with Crippen molar-refractivity contribution in [1.29, 1.82) is 0 Å². The predicted octanol–water partition coefficient (Wildman–Crippen LogP) is 6.02. The second-order valence-corrected chi connectivity index (χ2v) is 11.4. The number of non-ortho nitro benzene ring substituents is 1. The number of rotatable bonds is 6. The van der Waals surface area contributed by atoms with Crippen LogP contribution in [0.15, 0.2) is 78.5 Å². The molecule has 0 aliphatic carbocycles. The van der Waals surface area contributed by atoms with E-state index < -0.39 is 0 Å². The molecule has 5 rings (SSSR count). The summed E-state index contributed by atoms with van der Waals surface area (Å²) in [4.78, 5) is 15.1. The summed E-state index contributed by atoms with van der Waals surface area (Å²) in [6.07, 6.45) is 3.46. The lowest BCUT2D eigenvalue weighted by Gasteiger charge is -2.34. The predicted molar refractivity (Wildman–Crippen MR) is 151 cm³/mol. The normalized spacial score (nSPS) is 24.8. The number of quaternary nitrogens is 1. The van der Waals surface area contributed by atoms with Gasteiger partial charge in [-0.1, -0.05) is 55.8 Å². The Kier molecular flexibility index (Phi) is 6.23. The highest BCUT2D eigenvalue weighted by Gasteiger charge is 2.52. The summed E-state index contributed by atoms with van der Waals surface area (Å²) >= 11 is 0. The number of aryl methyl sites for hydroxylation is 1. The number of fused-ring (bicyclic) bond motifs is 2. The Morgan fingerprint density at radius 1 is 1.00 bits per heavy atom. The van der Waals surface area contributed by atoms with Crippen molar-refractivity contribution in [3.05, 3.63) is 111 Å². The number of allylic oxidation sites excluding steroid dienone is 1. The molecule has 5 heteroatoms. The Labute approximate surface area is 220 Å². The van der Waals surface area contributed by atoms with Gasteiger partial charge < -0.3 is 4.90 Å². The van der Waals surface area contributed by atoms with E-state index >= 15 is 0 Å². The van der Waals surface area contributed by atoms with E-state index in [0.29, 0.717) is 0 Å². The van der Waals surface area contributed by atoms with Gasteiger partial charge in [-0.25, -0.2) is 0 Å². The second-order valence-electron chi connectivity index (χ2n) is 11.4. The summed E-state index contributed by atoms with van der Waals surface area (Å²) in [5.41, 5.74) is 8.53. The van der Waals surface area contributed by atoms with Gasteiger partial charge in [0.05, 0.1) is 16.9 Å². The quantitative estimate of drug-likeness (QED) is 0.335. The number of anilines is 1. The monoisotopic (exact) mass is 496 g/mol. The molecule has 0 spiro atoms. The number of nitrogens with zero attached hydrogens (tertiary/aromatic N) is 2. The van der Waals surface area contributed by atoms with Gasteiger partial charge in [0, 0.05) is 41.0 Å². The number of hydrogen-bond donors (Lipinski definition) is 1. The fraction of sp³-hybridized carbons (Fsp3) is 0.375. The molecule has 0 fully saturated rings. The summed E-state index contributed by atoms with van der Waals surface area (Å²) in [5.74, 6) is 0. The number of nitro benzene ring substituents is 1. The first-order chi connectivity index (χ1) is 17.6. The molecule has 0 aromatic heterocycles. The van der Waals surface area contributed by atoms with E-state index in [1.807, 2.05) is 6.07 Å². The molecule has 37 heavy (non-hydrogen) atoms. The smallest absolute Gasteiger partial charge is 0.269 e. The van der Waals surface area contributed by atoms with Crippen molar-refractivity contribution >= 4 is 17.1 Å². The number of nitro groups is 1. The minimum atomic E-state index is -0.339. The van der Waals surface area contributed by atoms with Crippen LogP contribution < -0.4 is 9.80 Å². The largest absolute Gasteiger partial charge is 0.344 e. The minimum absolute atomic E-state index is 0.0999. The molecule has 2 aliphatic rings. The molecule has 3 aromatic rings. The van der Waals surface area contributed by atoms with Gasteiger partial charge in [-0.15, -0.1) is 0 Å². The van der Waals surface area contributed by atoms with Gasteiger partial charge in [0.25, 0.3) is 5.69 Å². The van der Waals surface area contributed by atoms with Crippen molar-refractivity contribution in [2.75, 3.05) is 18.0 Å². The third-order valence-electron chi connectivity index (χ3n) is 8.72. The molecule has 0 saturated heterocycles. The molecule has 2 aliphatic heterocycles. The van der Waals surface area contributed by atoms with E-state index in [0.717, 1.165) is 30.8 Å². The summed E-state index contributed by atoms with van der Waals surface area (Å²) in [7, 11) is 0. The maximum Gasteiger partial charge on any atom is 0.269 e. The van der Waals surface area contributed by atoms with Crippen molar-refractivity contribution in [3.8, 4) is 0 Å². The lowest BCUT2D eigenvalue weighted by Crippen LogP contribution is -3.10. The summed E-state index contributed by atoms with van der Waals surface area (Å²) < 4.78 is 0. The molecule has 192 valence electrons. The standard InChI is InChI=1S/C32H37N3O2/c1-7-33-27-17-15-24(35(36)37)19-25(27)31(4,5)29(33)20-30-32(6,21-23-12-10-9-11-13-23)26-18-22(3)14-16-28(26)34(30)8-2/h9-20,30H,7-8,21H2,1-6H3/p+1. The highest BCUT2D eigenvalue weighted by molar-refractivity contribution is 5.72. The number of likely N-dealkylation sites (N-methyl/N-ethyl adjacent to an activating group) is 2. The van der Waals surface area contributed by atoms with Crippen LogP contribution in [0.25, 0.3) is 0 Å².